The van der Waals surface area contributed by atoms with Crippen LogP contribution in [0, 0.1) is 6.92 Å². The first-order valence-corrected chi connectivity index (χ1v) is 3.42. The third-order valence-corrected chi connectivity index (χ3v) is 1.90. The highest BCUT2D eigenvalue weighted by Crippen LogP contribution is 2.09. The average Bonchev–Trinajstić information content (AvgIpc) is 1.93. The van der Waals surface area contributed by atoms with Gasteiger partial charge in [0.05, 0.1) is 0 Å². The molecule has 1 heterocycles. The molecule has 0 aliphatic carbocycles. The Kier molecular flexibility index (Phi) is 2.02. The van der Waals surface area contributed by atoms with E-state index in [4.69, 9.17) is 23.2 Å². The minimum absolute atomic E-state index is 0.121. The third-order valence-electron chi connectivity index (χ3n) is 1.16. The predicted octanol–water partition coefficient (Wildman–Crippen LogP) is 1.99. The Morgan fingerprint density at radius 3 is 2.60 bits per heavy atom. The maximum Gasteiger partial charge on any atom is 0.218 e. The maximum atomic E-state index is 10.9. The fourth-order valence-electron chi connectivity index (χ4n) is 0.576. The van der Waals surface area contributed by atoms with E-state index < -0.39 is 0 Å². The first-order valence-electron chi connectivity index (χ1n) is 2.66. The molecule has 0 saturated heterocycles. The van der Waals surface area contributed by atoms with Gasteiger partial charge in [-0.25, -0.2) is 0 Å². The molecule has 0 amide bonds. The fourth-order valence-corrected chi connectivity index (χ4v) is 0.929. The molecule has 0 fully saturated rings. The van der Waals surface area contributed by atoms with Gasteiger partial charge < -0.3 is 4.98 Å². The van der Waals surface area contributed by atoms with Gasteiger partial charge in [0.1, 0.15) is 10.0 Å². The van der Waals surface area contributed by atoms with Gasteiger partial charge in [0.2, 0.25) is 5.43 Å². The van der Waals surface area contributed by atoms with E-state index in [1.807, 2.05) is 0 Å². The second-order valence-corrected chi connectivity index (χ2v) is 2.69. The third kappa shape index (κ3) is 1.18. The zero-order valence-electron chi connectivity index (χ0n) is 5.24. The lowest BCUT2D eigenvalue weighted by atomic mass is 10.4. The highest BCUT2D eigenvalue weighted by molar-refractivity contribution is 6.34. The molecular formula is C6H5Cl2NO. The van der Waals surface area contributed by atoms with Gasteiger partial charge in [-0.2, -0.15) is 0 Å². The van der Waals surface area contributed by atoms with Crippen LogP contribution in [0.2, 0.25) is 10.0 Å². The number of aromatic nitrogens is 1. The molecule has 2 nitrogen and oxygen atoms in total. The van der Waals surface area contributed by atoms with Gasteiger partial charge in [-0.15, -0.1) is 0 Å². The summed E-state index contributed by atoms with van der Waals surface area (Å²) < 4.78 is 0. The molecule has 0 unspecified atom stereocenters. The van der Waals surface area contributed by atoms with Crippen LogP contribution in [0.25, 0.3) is 0 Å². The van der Waals surface area contributed by atoms with E-state index in [1.54, 1.807) is 6.92 Å². The molecule has 54 valence electrons. The molecule has 0 aliphatic heterocycles. The summed E-state index contributed by atoms with van der Waals surface area (Å²) in [6.45, 7) is 1.71. The second kappa shape index (κ2) is 2.64. The average molecular weight is 178 g/mol. The quantitative estimate of drug-likeness (QED) is 0.647. The van der Waals surface area contributed by atoms with E-state index in [2.05, 4.69) is 4.98 Å². The summed E-state index contributed by atoms with van der Waals surface area (Å²) in [7, 11) is 0. The summed E-state index contributed by atoms with van der Waals surface area (Å²) in [5.41, 5.74) is 0.315. The monoisotopic (exact) mass is 177 g/mol. The molecule has 0 radical (unpaired) electrons. The summed E-state index contributed by atoms with van der Waals surface area (Å²) in [6.07, 6.45) is 1.42. The number of H-pyrrole nitrogens is 1. The zero-order valence-corrected chi connectivity index (χ0v) is 6.75. The van der Waals surface area contributed by atoms with Gasteiger partial charge in [-0.05, 0) is 6.92 Å². The van der Waals surface area contributed by atoms with Crippen LogP contribution in [0.5, 0.6) is 0 Å². The molecule has 0 aliphatic rings. The smallest absolute Gasteiger partial charge is 0.218 e. The Bertz CT molecular complexity index is 305. The number of nitrogens with one attached hydrogen (secondary N) is 1. The van der Waals surface area contributed by atoms with Crippen molar-refractivity contribution in [2.45, 2.75) is 6.92 Å². The highest BCUT2D eigenvalue weighted by Gasteiger charge is 2.02. The first-order chi connectivity index (χ1) is 4.63. The molecule has 0 aromatic carbocycles. The van der Waals surface area contributed by atoms with Crippen molar-refractivity contribution in [3.05, 3.63) is 32.2 Å². The van der Waals surface area contributed by atoms with Crippen LogP contribution >= 0.6 is 23.2 Å². The standard InChI is InChI=1S/C6H5Cl2NO/c1-3-5(8)6(10)4(7)2-9-3/h2H,1H3,(H,9,10). The molecule has 4 heteroatoms. The van der Waals surface area contributed by atoms with Crippen LogP contribution in [0.15, 0.2) is 11.0 Å². The van der Waals surface area contributed by atoms with E-state index >= 15 is 0 Å². The molecular weight excluding hydrogens is 173 g/mol. The lowest BCUT2D eigenvalue weighted by Crippen LogP contribution is -2.04. The highest BCUT2D eigenvalue weighted by atomic mass is 35.5. The summed E-state index contributed by atoms with van der Waals surface area (Å²) in [4.78, 5) is 13.7. The second-order valence-electron chi connectivity index (χ2n) is 1.90. The van der Waals surface area contributed by atoms with Crippen molar-refractivity contribution >= 4 is 23.2 Å². The van der Waals surface area contributed by atoms with Crippen LogP contribution < -0.4 is 5.43 Å². The Labute approximate surface area is 67.8 Å². The van der Waals surface area contributed by atoms with Crippen LogP contribution in [0.1, 0.15) is 5.69 Å². The Hall–Kier alpha value is -0.470. The SMILES string of the molecule is Cc1[nH]cc(Cl)c(=O)c1Cl. The lowest BCUT2D eigenvalue weighted by Gasteiger charge is -1.95. The van der Waals surface area contributed by atoms with Crippen LogP contribution in [0.4, 0.5) is 0 Å². The largest absolute Gasteiger partial charge is 0.362 e. The molecule has 1 rings (SSSR count). The van der Waals surface area contributed by atoms with Crippen LogP contribution in [-0.2, 0) is 0 Å². The fraction of sp³-hybridized carbons (Fsp3) is 0.167. The molecule has 10 heavy (non-hydrogen) atoms. The van der Waals surface area contributed by atoms with Gasteiger partial charge in [-0.1, -0.05) is 23.2 Å². The summed E-state index contributed by atoms with van der Waals surface area (Å²) >= 11 is 11.0. The molecule has 1 aromatic heterocycles. The van der Waals surface area contributed by atoms with Gasteiger partial charge >= 0.3 is 0 Å². The first kappa shape index (κ1) is 7.63. The van der Waals surface area contributed by atoms with Crippen LogP contribution in [-0.4, -0.2) is 4.98 Å². The lowest BCUT2D eigenvalue weighted by molar-refractivity contribution is 1.18. The number of pyridine rings is 1. The van der Waals surface area contributed by atoms with Crippen LogP contribution in [0.3, 0.4) is 0 Å². The molecule has 1 N–H and O–H groups in total. The van der Waals surface area contributed by atoms with Crippen molar-refractivity contribution in [1.82, 2.24) is 4.98 Å². The van der Waals surface area contributed by atoms with E-state index in [0.717, 1.165) is 0 Å². The van der Waals surface area contributed by atoms with E-state index in [1.165, 1.54) is 6.20 Å². The molecule has 1 aromatic rings. The minimum atomic E-state index is -0.320. The number of aromatic amines is 1. The maximum absolute atomic E-state index is 10.9. The molecule has 0 bridgehead atoms. The van der Waals surface area contributed by atoms with Crippen molar-refractivity contribution in [2.75, 3.05) is 0 Å². The molecule has 0 saturated carbocycles. The topological polar surface area (TPSA) is 32.9 Å². The Balaban J connectivity index is 3.50. The van der Waals surface area contributed by atoms with E-state index in [0.29, 0.717) is 5.69 Å². The summed E-state index contributed by atoms with van der Waals surface area (Å²) in [6, 6.07) is 0. The number of hydrogen-bond acceptors (Lipinski definition) is 1. The molecule has 0 spiro atoms. The number of hydrogen-bond donors (Lipinski definition) is 1. The van der Waals surface area contributed by atoms with E-state index in [-0.39, 0.29) is 15.5 Å². The van der Waals surface area contributed by atoms with Crippen molar-refractivity contribution < 1.29 is 0 Å². The molecule has 0 atom stereocenters. The van der Waals surface area contributed by atoms with Crippen molar-refractivity contribution in [3.8, 4) is 0 Å². The number of halogens is 2. The predicted molar refractivity (Wildman–Crippen MR) is 41.8 cm³/mol. The zero-order chi connectivity index (χ0) is 7.72. The Morgan fingerprint density at radius 1 is 1.50 bits per heavy atom. The van der Waals surface area contributed by atoms with Gasteiger partial charge in [0.25, 0.3) is 0 Å². The Morgan fingerprint density at radius 2 is 2.10 bits per heavy atom. The van der Waals surface area contributed by atoms with Crippen molar-refractivity contribution in [3.63, 3.8) is 0 Å². The van der Waals surface area contributed by atoms with Crippen molar-refractivity contribution in [1.29, 1.82) is 0 Å². The van der Waals surface area contributed by atoms with E-state index in [9.17, 15) is 4.79 Å². The summed E-state index contributed by atoms with van der Waals surface area (Å²) in [5, 5.41) is 0.281. The van der Waals surface area contributed by atoms with Crippen molar-refractivity contribution in [2.24, 2.45) is 0 Å². The normalized spacial score (nSPS) is 9.90. The van der Waals surface area contributed by atoms with Gasteiger partial charge in [0, 0.05) is 11.9 Å². The van der Waals surface area contributed by atoms with Gasteiger partial charge in [-0.3, -0.25) is 4.79 Å². The van der Waals surface area contributed by atoms with Gasteiger partial charge in [0.15, 0.2) is 0 Å². The number of aryl methyl sites for hydroxylation is 1. The number of rotatable bonds is 0. The summed E-state index contributed by atoms with van der Waals surface area (Å²) in [5.74, 6) is 0. The minimum Gasteiger partial charge on any atom is -0.362 e.